The number of carbonyl (C=O) groups is 2. The summed E-state index contributed by atoms with van der Waals surface area (Å²) >= 11 is 1.75. The van der Waals surface area contributed by atoms with E-state index < -0.39 is 0 Å². The molecular formula is C23H35N3O2S. The Labute approximate surface area is 179 Å². The first-order chi connectivity index (χ1) is 13.7. The molecule has 0 aliphatic carbocycles. The summed E-state index contributed by atoms with van der Waals surface area (Å²) < 4.78 is 0. The molecule has 0 spiro atoms. The summed E-state index contributed by atoms with van der Waals surface area (Å²) in [6.07, 6.45) is 0.576. The molecule has 2 heterocycles. The van der Waals surface area contributed by atoms with Gasteiger partial charge in [0.15, 0.2) is 0 Å². The molecule has 0 saturated carbocycles. The van der Waals surface area contributed by atoms with E-state index in [0.29, 0.717) is 6.42 Å². The number of hydrogen-bond donors (Lipinski definition) is 0. The van der Waals surface area contributed by atoms with Gasteiger partial charge in [-0.3, -0.25) is 14.5 Å². The molecule has 6 heteroatoms. The highest BCUT2D eigenvalue weighted by molar-refractivity contribution is 8.01. The number of nitrogens with zero attached hydrogens (tertiary/aromatic N) is 3. The van der Waals surface area contributed by atoms with E-state index in [1.807, 2.05) is 23.6 Å². The average molecular weight is 418 g/mol. The Bertz CT molecular complexity index is 721. The zero-order valence-electron chi connectivity index (χ0n) is 18.5. The summed E-state index contributed by atoms with van der Waals surface area (Å²) in [7, 11) is 0. The smallest absolute Gasteiger partial charge is 0.236 e. The number of thioether (sulfide) groups is 1. The van der Waals surface area contributed by atoms with Crippen LogP contribution in [0.4, 0.5) is 0 Å². The summed E-state index contributed by atoms with van der Waals surface area (Å²) in [5.41, 5.74) is 2.65. The molecule has 2 atom stereocenters. The summed E-state index contributed by atoms with van der Waals surface area (Å²) in [4.78, 5) is 31.0. The number of rotatable bonds is 5. The molecular weight excluding hydrogens is 382 g/mol. The van der Waals surface area contributed by atoms with Gasteiger partial charge in [0.1, 0.15) is 5.37 Å². The van der Waals surface area contributed by atoms with Crippen molar-refractivity contribution < 1.29 is 9.59 Å². The molecule has 0 unspecified atom stereocenters. The Hall–Kier alpha value is -1.53. The van der Waals surface area contributed by atoms with Gasteiger partial charge in [-0.2, -0.15) is 0 Å². The van der Waals surface area contributed by atoms with Crippen LogP contribution < -0.4 is 0 Å². The van der Waals surface area contributed by atoms with Crippen LogP contribution >= 0.6 is 11.8 Å². The van der Waals surface area contributed by atoms with Crippen molar-refractivity contribution in [1.82, 2.24) is 14.7 Å². The molecule has 2 aliphatic rings. The highest BCUT2D eigenvalue weighted by Crippen LogP contribution is 2.43. The van der Waals surface area contributed by atoms with Crippen LogP contribution in [0.1, 0.15) is 57.5 Å². The molecule has 1 aromatic rings. The lowest BCUT2D eigenvalue weighted by Crippen LogP contribution is -2.50. The Kier molecular flexibility index (Phi) is 6.94. The second-order valence-electron chi connectivity index (χ2n) is 9.11. The monoisotopic (exact) mass is 417 g/mol. The van der Waals surface area contributed by atoms with Crippen molar-refractivity contribution in [1.29, 1.82) is 0 Å². The van der Waals surface area contributed by atoms with Gasteiger partial charge in [0.2, 0.25) is 11.8 Å². The van der Waals surface area contributed by atoms with Gasteiger partial charge in [-0.05, 0) is 23.5 Å². The molecule has 2 amide bonds. The van der Waals surface area contributed by atoms with Crippen LogP contribution in [-0.4, -0.2) is 71.0 Å². The van der Waals surface area contributed by atoms with Crippen LogP contribution in [-0.2, 0) is 15.0 Å². The molecule has 5 nitrogen and oxygen atoms in total. The number of amides is 2. The summed E-state index contributed by atoms with van der Waals surface area (Å²) in [6.45, 7) is 15.6. The van der Waals surface area contributed by atoms with Gasteiger partial charge in [-0.25, -0.2) is 0 Å². The maximum atomic E-state index is 12.8. The zero-order chi connectivity index (χ0) is 21.2. The molecule has 0 bridgehead atoms. The zero-order valence-corrected chi connectivity index (χ0v) is 19.3. The SMILES string of the molecule is CCC(=O)N1CCN(CCN2C(=O)[C@@H](C)S[C@H]2c2ccc(C(C)(C)C)cc2)CC1. The third-order valence-corrected chi connectivity index (χ3v) is 7.39. The van der Waals surface area contributed by atoms with Gasteiger partial charge >= 0.3 is 0 Å². The lowest BCUT2D eigenvalue weighted by atomic mass is 9.86. The van der Waals surface area contributed by atoms with Gasteiger partial charge in [0.25, 0.3) is 0 Å². The molecule has 1 aromatic carbocycles. The highest BCUT2D eigenvalue weighted by atomic mass is 32.2. The molecule has 160 valence electrons. The molecule has 2 saturated heterocycles. The fraction of sp³-hybridized carbons (Fsp3) is 0.652. The van der Waals surface area contributed by atoms with E-state index in [-0.39, 0.29) is 27.9 Å². The fourth-order valence-corrected chi connectivity index (χ4v) is 5.31. The first-order valence-corrected chi connectivity index (χ1v) is 11.7. The number of benzene rings is 1. The first kappa shape index (κ1) is 22.2. The first-order valence-electron chi connectivity index (χ1n) is 10.8. The summed E-state index contributed by atoms with van der Waals surface area (Å²) in [5.74, 6) is 0.475. The van der Waals surface area contributed by atoms with Crippen molar-refractivity contribution in [3.63, 3.8) is 0 Å². The Morgan fingerprint density at radius 2 is 1.69 bits per heavy atom. The number of carbonyl (C=O) groups excluding carboxylic acids is 2. The van der Waals surface area contributed by atoms with Crippen molar-refractivity contribution in [3.05, 3.63) is 35.4 Å². The van der Waals surface area contributed by atoms with Crippen LogP contribution in [0.3, 0.4) is 0 Å². The quantitative estimate of drug-likeness (QED) is 0.736. The van der Waals surface area contributed by atoms with E-state index >= 15 is 0 Å². The van der Waals surface area contributed by atoms with Gasteiger partial charge in [0, 0.05) is 45.7 Å². The molecule has 29 heavy (non-hydrogen) atoms. The fourth-order valence-electron chi connectivity index (χ4n) is 4.00. The van der Waals surface area contributed by atoms with Crippen molar-refractivity contribution in [3.8, 4) is 0 Å². The summed E-state index contributed by atoms with van der Waals surface area (Å²) in [6, 6.07) is 8.77. The topological polar surface area (TPSA) is 43.9 Å². The van der Waals surface area contributed by atoms with Gasteiger partial charge < -0.3 is 9.80 Å². The maximum Gasteiger partial charge on any atom is 0.236 e. The molecule has 2 aliphatic heterocycles. The number of hydrogen-bond acceptors (Lipinski definition) is 4. The summed E-state index contributed by atoms with van der Waals surface area (Å²) in [5, 5.41) is 0.0933. The van der Waals surface area contributed by atoms with Crippen molar-refractivity contribution in [2.45, 2.75) is 57.1 Å². The number of piperazine rings is 1. The molecule has 3 rings (SSSR count). The van der Waals surface area contributed by atoms with E-state index in [9.17, 15) is 9.59 Å². The standard InChI is InChI=1S/C23H35N3O2S/c1-6-20(27)25-14-11-24(12-15-25)13-16-26-21(28)17(2)29-22(26)18-7-9-19(10-8-18)23(3,4)5/h7-10,17,22H,6,11-16H2,1-5H3/t17-,22+/m1/s1. The van der Waals surface area contributed by atoms with E-state index in [4.69, 9.17) is 0 Å². The molecule has 2 fully saturated rings. The normalized spacial score (nSPS) is 23.7. The lowest BCUT2D eigenvalue weighted by molar-refractivity contribution is -0.132. The van der Waals surface area contributed by atoms with Gasteiger partial charge in [-0.1, -0.05) is 52.0 Å². The molecule has 0 radical (unpaired) electrons. The van der Waals surface area contributed by atoms with Crippen LogP contribution in [0.25, 0.3) is 0 Å². The minimum Gasteiger partial charge on any atom is -0.340 e. The van der Waals surface area contributed by atoms with Gasteiger partial charge in [0.05, 0.1) is 5.25 Å². The van der Waals surface area contributed by atoms with Crippen molar-refractivity contribution >= 4 is 23.6 Å². The van der Waals surface area contributed by atoms with Gasteiger partial charge in [-0.15, -0.1) is 11.8 Å². The van der Waals surface area contributed by atoms with E-state index in [2.05, 4.69) is 49.9 Å². The predicted molar refractivity (Wildman–Crippen MR) is 120 cm³/mol. The molecule has 0 aromatic heterocycles. The third-order valence-electron chi connectivity index (χ3n) is 5.99. The Morgan fingerprint density at radius 3 is 2.24 bits per heavy atom. The average Bonchev–Trinajstić information content (AvgIpc) is 2.99. The third kappa shape index (κ3) is 5.15. The molecule has 0 N–H and O–H groups in total. The van der Waals surface area contributed by atoms with Crippen LogP contribution in [0, 0.1) is 0 Å². The van der Waals surface area contributed by atoms with Crippen molar-refractivity contribution in [2.24, 2.45) is 0 Å². The minimum absolute atomic E-state index is 0.00122. The predicted octanol–water partition coefficient (Wildman–Crippen LogP) is 3.50. The van der Waals surface area contributed by atoms with E-state index in [0.717, 1.165) is 39.3 Å². The maximum absolute atomic E-state index is 12.8. The van der Waals surface area contributed by atoms with Crippen LogP contribution in [0.5, 0.6) is 0 Å². The second-order valence-corrected chi connectivity index (χ2v) is 10.5. The van der Waals surface area contributed by atoms with Crippen molar-refractivity contribution in [2.75, 3.05) is 39.3 Å². The van der Waals surface area contributed by atoms with Crippen LogP contribution in [0.2, 0.25) is 0 Å². The van der Waals surface area contributed by atoms with E-state index in [1.165, 1.54) is 11.1 Å². The minimum atomic E-state index is 0.00122. The Balaban J connectivity index is 1.61. The second kappa shape index (κ2) is 9.09. The van der Waals surface area contributed by atoms with E-state index in [1.54, 1.807) is 11.8 Å². The Morgan fingerprint density at radius 1 is 1.07 bits per heavy atom. The highest BCUT2D eigenvalue weighted by Gasteiger charge is 2.38. The lowest BCUT2D eigenvalue weighted by Gasteiger charge is -2.36. The largest absolute Gasteiger partial charge is 0.340 e. The van der Waals surface area contributed by atoms with Crippen LogP contribution in [0.15, 0.2) is 24.3 Å².